The first-order valence-electron chi connectivity index (χ1n) is 8.58. The zero-order valence-corrected chi connectivity index (χ0v) is 14.8. The molecular weight excluding hydrogens is 302 g/mol. The van der Waals surface area contributed by atoms with Crippen molar-refractivity contribution in [1.82, 2.24) is 13.5 Å². The SMILES string of the molecule is CC[C@H](O)CN1CCN(S(=O)(=O)N(C)C2CCCCC2)CC1. The molecule has 0 aromatic rings. The van der Waals surface area contributed by atoms with E-state index in [0.29, 0.717) is 32.7 Å². The summed E-state index contributed by atoms with van der Waals surface area (Å²) in [6, 6.07) is 0.165. The van der Waals surface area contributed by atoms with Gasteiger partial charge in [-0.25, -0.2) is 0 Å². The summed E-state index contributed by atoms with van der Waals surface area (Å²) in [5.41, 5.74) is 0. The van der Waals surface area contributed by atoms with E-state index in [9.17, 15) is 13.5 Å². The van der Waals surface area contributed by atoms with Crippen molar-refractivity contribution in [3.63, 3.8) is 0 Å². The number of aliphatic hydroxyl groups is 1. The van der Waals surface area contributed by atoms with Crippen molar-refractivity contribution in [3.8, 4) is 0 Å². The second-order valence-corrected chi connectivity index (χ2v) is 8.57. The Kier molecular flexibility index (Phi) is 6.64. The minimum absolute atomic E-state index is 0.165. The van der Waals surface area contributed by atoms with Crippen LogP contribution in [0.1, 0.15) is 45.4 Å². The summed E-state index contributed by atoms with van der Waals surface area (Å²) >= 11 is 0. The molecule has 0 unspecified atom stereocenters. The van der Waals surface area contributed by atoms with E-state index >= 15 is 0 Å². The maximum atomic E-state index is 12.8. The Hall–Kier alpha value is -0.210. The molecule has 0 radical (unpaired) electrons. The molecule has 1 aliphatic heterocycles. The normalized spacial score (nSPS) is 24.7. The lowest BCUT2D eigenvalue weighted by Gasteiger charge is -2.39. The van der Waals surface area contributed by atoms with Crippen LogP contribution in [-0.2, 0) is 10.2 Å². The molecule has 2 aliphatic rings. The van der Waals surface area contributed by atoms with Crippen molar-refractivity contribution in [2.24, 2.45) is 0 Å². The second-order valence-electron chi connectivity index (χ2n) is 6.58. The second kappa shape index (κ2) is 8.06. The van der Waals surface area contributed by atoms with Crippen LogP contribution in [0.25, 0.3) is 0 Å². The first kappa shape index (κ1) is 18.1. The summed E-state index contributed by atoms with van der Waals surface area (Å²) in [5.74, 6) is 0. The largest absolute Gasteiger partial charge is 0.392 e. The molecule has 1 saturated heterocycles. The van der Waals surface area contributed by atoms with E-state index in [-0.39, 0.29) is 12.1 Å². The molecule has 1 heterocycles. The number of rotatable bonds is 6. The van der Waals surface area contributed by atoms with Crippen LogP contribution in [0.3, 0.4) is 0 Å². The highest BCUT2D eigenvalue weighted by Crippen LogP contribution is 2.25. The van der Waals surface area contributed by atoms with E-state index in [2.05, 4.69) is 4.90 Å². The Morgan fingerprint density at radius 3 is 2.27 bits per heavy atom. The van der Waals surface area contributed by atoms with Crippen LogP contribution in [0.4, 0.5) is 0 Å². The standard InChI is InChI=1S/C15H31N3O3S/c1-3-15(19)13-17-9-11-18(12-10-17)22(20,21)16(2)14-7-5-4-6-8-14/h14-15,19H,3-13H2,1-2H3/t15-/m0/s1. The predicted octanol–water partition coefficient (Wildman–Crippen LogP) is 0.884. The first-order valence-corrected chi connectivity index (χ1v) is 9.98. The van der Waals surface area contributed by atoms with Crippen LogP contribution in [-0.4, -0.2) is 79.0 Å². The molecule has 2 fully saturated rings. The topological polar surface area (TPSA) is 64.1 Å². The van der Waals surface area contributed by atoms with Gasteiger partial charge in [0, 0.05) is 45.8 Å². The highest BCUT2D eigenvalue weighted by atomic mass is 32.2. The third-order valence-electron chi connectivity index (χ3n) is 5.05. The van der Waals surface area contributed by atoms with Crippen LogP contribution < -0.4 is 0 Å². The molecule has 22 heavy (non-hydrogen) atoms. The molecule has 2 rings (SSSR count). The van der Waals surface area contributed by atoms with Gasteiger partial charge in [0.15, 0.2) is 0 Å². The third-order valence-corrected chi connectivity index (χ3v) is 7.09. The van der Waals surface area contributed by atoms with Crippen LogP contribution in [0.2, 0.25) is 0 Å². The van der Waals surface area contributed by atoms with Gasteiger partial charge in [-0.1, -0.05) is 26.2 Å². The van der Waals surface area contributed by atoms with E-state index < -0.39 is 10.2 Å². The molecule has 0 aromatic carbocycles. The molecule has 0 aromatic heterocycles. The third kappa shape index (κ3) is 4.41. The number of β-amino-alcohol motifs (C(OH)–C–C–N with tert-alkyl or cyclic N) is 1. The van der Waals surface area contributed by atoms with Crippen LogP contribution in [0.5, 0.6) is 0 Å². The highest BCUT2D eigenvalue weighted by molar-refractivity contribution is 7.86. The number of nitrogens with zero attached hydrogens (tertiary/aromatic N) is 3. The van der Waals surface area contributed by atoms with Crippen molar-refractivity contribution in [1.29, 1.82) is 0 Å². The molecule has 6 nitrogen and oxygen atoms in total. The van der Waals surface area contributed by atoms with Gasteiger partial charge >= 0.3 is 0 Å². The number of aliphatic hydroxyl groups excluding tert-OH is 1. The molecule has 1 atom stereocenters. The number of hydrogen-bond donors (Lipinski definition) is 1. The summed E-state index contributed by atoms with van der Waals surface area (Å²) in [6.07, 6.45) is 5.89. The van der Waals surface area contributed by atoms with Gasteiger partial charge in [-0.2, -0.15) is 17.0 Å². The van der Waals surface area contributed by atoms with E-state index in [1.165, 1.54) is 6.42 Å². The zero-order valence-electron chi connectivity index (χ0n) is 13.9. The summed E-state index contributed by atoms with van der Waals surface area (Å²) < 4.78 is 28.7. The quantitative estimate of drug-likeness (QED) is 0.784. The fourth-order valence-corrected chi connectivity index (χ4v) is 4.96. The average Bonchev–Trinajstić information content (AvgIpc) is 2.55. The van der Waals surface area contributed by atoms with Crippen molar-refractivity contribution < 1.29 is 13.5 Å². The summed E-state index contributed by atoms with van der Waals surface area (Å²) in [7, 11) is -1.61. The van der Waals surface area contributed by atoms with Crippen LogP contribution in [0, 0.1) is 0 Å². The Bertz CT molecular complexity index is 429. The Morgan fingerprint density at radius 2 is 1.73 bits per heavy atom. The van der Waals surface area contributed by atoms with E-state index in [4.69, 9.17) is 0 Å². The molecule has 1 aliphatic carbocycles. The number of piperazine rings is 1. The van der Waals surface area contributed by atoms with E-state index in [1.807, 2.05) is 6.92 Å². The zero-order chi connectivity index (χ0) is 16.2. The predicted molar refractivity (Wildman–Crippen MR) is 87.9 cm³/mol. The van der Waals surface area contributed by atoms with Gasteiger partial charge in [-0.05, 0) is 19.3 Å². The molecule has 1 N–H and O–H groups in total. The minimum atomic E-state index is -3.34. The summed E-state index contributed by atoms with van der Waals surface area (Å²) in [5, 5.41) is 9.71. The lowest BCUT2D eigenvalue weighted by molar-refractivity contribution is 0.0879. The van der Waals surface area contributed by atoms with Crippen molar-refractivity contribution >= 4 is 10.2 Å². The molecule has 0 spiro atoms. The number of hydrogen-bond acceptors (Lipinski definition) is 4. The highest BCUT2D eigenvalue weighted by Gasteiger charge is 2.34. The Balaban J connectivity index is 1.88. The first-order chi connectivity index (χ1) is 10.4. The monoisotopic (exact) mass is 333 g/mol. The lowest BCUT2D eigenvalue weighted by atomic mass is 9.96. The molecule has 130 valence electrons. The minimum Gasteiger partial charge on any atom is -0.392 e. The van der Waals surface area contributed by atoms with Gasteiger partial charge in [0.2, 0.25) is 0 Å². The summed E-state index contributed by atoms with van der Waals surface area (Å²) in [4.78, 5) is 2.15. The lowest BCUT2D eigenvalue weighted by Crippen LogP contribution is -2.55. The van der Waals surface area contributed by atoms with Gasteiger partial charge in [0.1, 0.15) is 0 Å². The van der Waals surface area contributed by atoms with Gasteiger partial charge in [-0.15, -0.1) is 0 Å². The van der Waals surface area contributed by atoms with Crippen molar-refractivity contribution in [3.05, 3.63) is 0 Å². The van der Waals surface area contributed by atoms with Gasteiger partial charge < -0.3 is 5.11 Å². The van der Waals surface area contributed by atoms with Crippen LogP contribution >= 0.6 is 0 Å². The molecule has 1 saturated carbocycles. The van der Waals surface area contributed by atoms with Crippen molar-refractivity contribution in [2.75, 3.05) is 39.8 Å². The van der Waals surface area contributed by atoms with Gasteiger partial charge in [0.25, 0.3) is 10.2 Å². The van der Waals surface area contributed by atoms with Gasteiger partial charge in [0.05, 0.1) is 6.10 Å². The Morgan fingerprint density at radius 1 is 1.14 bits per heavy atom. The molecular formula is C15H31N3O3S. The molecule has 7 heteroatoms. The van der Waals surface area contributed by atoms with Crippen molar-refractivity contribution in [2.45, 2.75) is 57.6 Å². The Labute approximate surface area is 135 Å². The smallest absolute Gasteiger partial charge is 0.282 e. The summed E-state index contributed by atoms with van der Waals surface area (Å²) in [6.45, 7) is 5.06. The van der Waals surface area contributed by atoms with E-state index in [0.717, 1.165) is 32.1 Å². The fourth-order valence-electron chi connectivity index (χ4n) is 3.39. The maximum absolute atomic E-state index is 12.8. The fraction of sp³-hybridized carbons (Fsp3) is 1.00. The molecule has 0 bridgehead atoms. The maximum Gasteiger partial charge on any atom is 0.282 e. The van der Waals surface area contributed by atoms with E-state index in [1.54, 1.807) is 15.7 Å². The average molecular weight is 333 g/mol. The van der Waals surface area contributed by atoms with Gasteiger partial charge in [-0.3, -0.25) is 4.90 Å². The molecule has 0 amide bonds. The van der Waals surface area contributed by atoms with Crippen LogP contribution in [0.15, 0.2) is 0 Å².